The predicted octanol–water partition coefficient (Wildman–Crippen LogP) is 2.72. The zero-order chi connectivity index (χ0) is 18.1. The van der Waals surface area contributed by atoms with Gasteiger partial charge in [0.1, 0.15) is 0 Å². The van der Waals surface area contributed by atoms with Crippen LogP contribution in [0.4, 0.5) is 4.79 Å². The van der Waals surface area contributed by atoms with Crippen molar-refractivity contribution in [2.75, 3.05) is 19.6 Å². The topological polar surface area (TPSA) is 73.3 Å². The van der Waals surface area contributed by atoms with Crippen molar-refractivity contribution in [3.63, 3.8) is 0 Å². The van der Waals surface area contributed by atoms with E-state index in [0.717, 1.165) is 38.4 Å². The van der Waals surface area contributed by atoms with Gasteiger partial charge in [-0.2, -0.15) is 4.68 Å². The summed E-state index contributed by atoms with van der Waals surface area (Å²) in [7, 11) is 0. The number of hydrogen-bond donors (Lipinski definition) is 1. The Labute approximate surface area is 152 Å². The van der Waals surface area contributed by atoms with Crippen LogP contribution in [0.2, 0.25) is 0 Å². The van der Waals surface area contributed by atoms with E-state index in [2.05, 4.69) is 17.1 Å². The van der Waals surface area contributed by atoms with E-state index in [0.29, 0.717) is 10.9 Å². The first-order valence-corrected chi connectivity index (χ1v) is 9.54. The van der Waals surface area contributed by atoms with Crippen LogP contribution in [0.5, 0.6) is 0 Å². The Bertz CT molecular complexity index is 887. The molecule has 26 heavy (non-hydrogen) atoms. The van der Waals surface area contributed by atoms with Crippen LogP contribution >= 0.6 is 0 Å². The van der Waals surface area contributed by atoms with Gasteiger partial charge in [-0.1, -0.05) is 24.3 Å². The third kappa shape index (κ3) is 3.09. The number of carbonyl (C=O) groups excluding carboxylic acids is 1. The van der Waals surface area contributed by atoms with E-state index in [9.17, 15) is 9.59 Å². The summed E-state index contributed by atoms with van der Waals surface area (Å²) in [4.78, 5) is 27.4. The Morgan fingerprint density at radius 1 is 1.12 bits per heavy atom. The Hall–Kier alpha value is -2.34. The van der Waals surface area contributed by atoms with Gasteiger partial charge in [-0.3, -0.25) is 4.79 Å². The molecule has 6 heteroatoms. The van der Waals surface area contributed by atoms with Crippen molar-refractivity contribution in [1.29, 1.82) is 0 Å². The SMILES string of the molecule is NC(=O)n1c2ccccc2c(=O)n1C1CCN(CC2CC=CCC2)CC1. The van der Waals surface area contributed by atoms with Gasteiger partial charge >= 0.3 is 6.03 Å². The van der Waals surface area contributed by atoms with Crippen LogP contribution in [-0.4, -0.2) is 39.9 Å². The van der Waals surface area contributed by atoms with Crippen molar-refractivity contribution >= 4 is 16.9 Å². The third-order valence-corrected chi connectivity index (χ3v) is 5.79. The van der Waals surface area contributed by atoms with Gasteiger partial charge in [0, 0.05) is 19.6 Å². The van der Waals surface area contributed by atoms with Crippen LogP contribution in [-0.2, 0) is 0 Å². The quantitative estimate of drug-likeness (QED) is 0.862. The highest BCUT2D eigenvalue weighted by Crippen LogP contribution is 2.26. The van der Waals surface area contributed by atoms with Gasteiger partial charge in [0.2, 0.25) is 0 Å². The first kappa shape index (κ1) is 17.1. The van der Waals surface area contributed by atoms with Gasteiger partial charge in [-0.15, -0.1) is 0 Å². The molecule has 0 spiro atoms. The standard InChI is InChI=1S/C20H26N4O2/c21-20(26)24-18-9-5-4-8-17(18)19(25)23(24)16-10-12-22(13-11-16)14-15-6-2-1-3-7-15/h1-2,4-5,8-9,15-16H,3,6-7,10-14H2,(H2,21,26). The second-order valence-corrected chi connectivity index (χ2v) is 7.50. The van der Waals surface area contributed by atoms with Crippen molar-refractivity contribution in [3.05, 3.63) is 46.8 Å². The Morgan fingerprint density at radius 2 is 1.88 bits per heavy atom. The molecule has 2 N–H and O–H groups in total. The number of hydrogen-bond acceptors (Lipinski definition) is 3. The van der Waals surface area contributed by atoms with E-state index in [1.807, 2.05) is 12.1 Å². The molecular weight excluding hydrogens is 328 g/mol. The number of aromatic nitrogens is 2. The summed E-state index contributed by atoms with van der Waals surface area (Å²) >= 11 is 0. The number of fused-ring (bicyclic) bond motifs is 1. The van der Waals surface area contributed by atoms with Gasteiger partial charge in [-0.05, 0) is 50.2 Å². The van der Waals surface area contributed by atoms with Crippen molar-refractivity contribution < 1.29 is 4.79 Å². The number of primary amides is 1. The van der Waals surface area contributed by atoms with Gasteiger partial charge < -0.3 is 10.6 Å². The van der Waals surface area contributed by atoms with Gasteiger partial charge in [0.15, 0.2) is 0 Å². The molecule has 0 saturated carbocycles. The number of carbonyl (C=O) groups is 1. The number of nitrogens with two attached hydrogens (primary N) is 1. The lowest BCUT2D eigenvalue weighted by Crippen LogP contribution is -2.42. The minimum Gasteiger partial charge on any atom is -0.350 e. The minimum absolute atomic E-state index is 0.0184. The molecule has 1 aromatic carbocycles. The summed E-state index contributed by atoms with van der Waals surface area (Å²) in [6.45, 7) is 3.04. The Kier molecular flexibility index (Phi) is 4.68. The van der Waals surface area contributed by atoms with E-state index in [-0.39, 0.29) is 11.6 Å². The van der Waals surface area contributed by atoms with Crippen LogP contribution < -0.4 is 11.3 Å². The molecule has 0 bridgehead atoms. The van der Waals surface area contributed by atoms with E-state index in [1.165, 1.54) is 23.9 Å². The van der Waals surface area contributed by atoms with Crippen LogP contribution in [0.25, 0.3) is 10.9 Å². The lowest BCUT2D eigenvalue weighted by atomic mass is 9.93. The van der Waals surface area contributed by atoms with E-state index in [1.54, 1.807) is 16.8 Å². The highest BCUT2D eigenvalue weighted by molar-refractivity contribution is 5.89. The van der Waals surface area contributed by atoms with E-state index >= 15 is 0 Å². The highest BCUT2D eigenvalue weighted by Gasteiger charge is 2.27. The van der Waals surface area contributed by atoms with Crippen molar-refractivity contribution in [3.8, 4) is 0 Å². The van der Waals surface area contributed by atoms with Crippen LogP contribution in [0, 0.1) is 5.92 Å². The molecule has 4 rings (SSSR count). The fourth-order valence-electron chi connectivity index (χ4n) is 4.46. The second-order valence-electron chi connectivity index (χ2n) is 7.50. The average molecular weight is 354 g/mol. The molecule has 6 nitrogen and oxygen atoms in total. The Balaban J connectivity index is 1.53. The normalized spacial score (nSPS) is 22.1. The zero-order valence-electron chi connectivity index (χ0n) is 15.0. The fraction of sp³-hybridized carbons (Fsp3) is 0.500. The lowest BCUT2D eigenvalue weighted by Gasteiger charge is -2.35. The monoisotopic (exact) mass is 354 g/mol. The van der Waals surface area contributed by atoms with Crippen molar-refractivity contribution in [2.24, 2.45) is 11.7 Å². The first-order valence-electron chi connectivity index (χ1n) is 9.54. The lowest BCUT2D eigenvalue weighted by molar-refractivity contribution is 0.148. The number of piperidine rings is 1. The van der Waals surface area contributed by atoms with Crippen LogP contribution in [0.3, 0.4) is 0 Å². The highest BCUT2D eigenvalue weighted by atomic mass is 16.2. The number of para-hydroxylation sites is 1. The molecule has 2 aliphatic rings. The Morgan fingerprint density at radius 3 is 2.58 bits per heavy atom. The fourth-order valence-corrected chi connectivity index (χ4v) is 4.46. The summed E-state index contributed by atoms with van der Waals surface area (Å²) in [5, 5.41) is 0.558. The predicted molar refractivity (Wildman–Crippen MR) is 102 cm³/mol. The summed E-state index contributed by atoms with van der Waals surface area (Å²) < 4.78 is 2.96. The van der Waals surface area contributed by atoms with E-state index in [4.69, 9.17) is 5.73 Å². The number of likely N-dealkylation sites (tertiary alicyclic amines) is 1. The maximum Gasteiger partial charge on any atom is 0.338 e. The molecule has 1 atom stereocenters. The van der Waals surface area contributed by atoms with Gasteiger partial charge in [0.05, 0.1) is 16.9 Å². The maximum atomic E-state index is 12.9. The largest absolute Gasteiger partial charge is 0.350 e. The minimum atomic E-state index is -0.597. The number of allylic oxidation sites excluding steroid dienone is 2. The first-order chi connectivity index (χ1) is 12.6. The molecule has 1 fully saturated rings. The molecule has 1 aromatic heterocycles. The number of amides is 1. The van der Waals surface area contributed by atoms with Gasteiger partial charge in [0.25, 0.3) is 5.56 Å². The molecule has 2 heterocycles. The van der Waals surface area contributed by atoms with Crippen LogP contribution in [0.15, 0.2) is 41.2 Å². The molecule has 1 unspecified atom stereocenters. The van der Waals surface area contributed by atoms with Crippen molar-refractivity contribution in [1.82, 2.24) is 14.3 Å². The smallest absolute Gasteiger partial charge is 0.338 e. The molecule has 1 amide bonds. The second kappa shape index (κ2) is 7.11. The number of rotatable bonds is 3. The molecule has 2 aromatic rings. The molecule has 1 aliphatic carbocycles. The third-order valence-electron chi connectivity index (χ3n) is 5.79. The van der Waals surface area contributed by atoms with Crippen LogP contribution in [0.1, 0.15) is 38.1 Å². The number of benzene rings is 1. The summed E-state index contributed by atoms with van der Waals surface area (Å²) in [6, 6.07) is 6.61. The maximum absolute atomic E-state index is 12.9. The number of nitrogens with zero attached hydrogens (tertiary/aromatic N) is 3. The molecule has 1 saturated heterocycles. The molecule has 138 valence electrons. The van der Waals surface area contributed by atoms with Crippen molar-refractivity contribution in [2.45, 2.75) is 38.1 Å². The zero-order valence-corrected chi connectivity index (χ0v) is 15.0. The molecular formula is C20H26N4O2. The van der Waals surface area contributed by atoms with Gasteiger partial charge in [-0.25, -0.2) is 9.48 Å². The molecule has 0 radical (unpaired) electrons. The average Bonchev–Trinajstić information content (AvgIpc) is 2.96. The molecule has 1 aliphatic heterocycles. The summed E-state index contributed by atoms with van der Waals surface area (Å²) in [6.07, 6.45) is 9.94. The summed E-state index contributed by atoms with van der Waals surface area (Å²) in [5.41, 5.74) is 6.08. The van der Waals surface area contributed by atoms with E-state index < -0.39 is 6.03 Å². The summed E-state index contributed by atoms with van der Waals surface area (Å²) in [5.74, 6) is 0.747.